The number of phenols is 1. The van der Waals surface area contributed by atoms with E-state index in [1.165, 1.54) is 0 Å². The molecule has 3 heterocycles. The van der Waals surface area contributed by atoms with E-state index in [2.05, 4.69) is 24.7 Å². The SMILES string of the molecule is CCc1cc(O)ccc1-c1ccc2c(-c3ncc(-c4cc[n+](CCC5(O)CCC5)cc4)[nH]3)[nH]nc2c1F. The monoisotopic (exact) mass is 498 g/mol. The minimum Gasteiger partial charge on any atom is -0.508 e. The molecule has 4 N–H and O–H groups in total. The van der Waals surface area contributed by atoms with E-state index >= 15 is 4.39 Å². The number of rotatable bonds is 7. The molecule has 2 aromatic carbocycles. The van der Waals surface area contributed by atoms with Crippen molar-refractivity contribution in [2.24, 2.45) is 0 Å². The van der Waals surface area contributed by atoms with Crippen LogP contribution in [0.3, 0.4) is 0 Å². The number of aromatic nitrogens is 5. The van der Waals surface area contributed by atoms with Gasteiger partial charge in [0.25, 0.3) is 0 Å². The maximum Gasteiger partial charge on any atom is 0.169 e. The van der Waals surface area contributed by atoms with Crippen molar-refractivity contribution in [3.8, 4) is 39.7 Å². The minimum atomic E-state index is -0.487. The Kier molecular flexibility index (Phi) is 5.76. The van der Waals surface area contributed by atoms with Gasteiger partial charge in [-0.05, 0) is 55.0 Å². The maximum absolute atomic E-state index is 15.6. The number of pyridine rings is 1. The molecule has 0 spiro atoms. The van der Waals surface area contributed by atoms with Gasteiger partial charge in [-0.2, -0.15) is 5.10 Å². The van der Waals surface area contributed by atoms with Gasteiger partial charge in [0.2, 0.25) is 0 Å². The van der Waals surface area contributed by atoms with Gasteiger partial charge in [-0.15, -0.1) is 0 Å². The van der Waals surface area contributed by atoms with Gasteiger partial charge in [0, 0.05) is 35.1 Å². The van der Waals surface area contributed by atoms with E-state index in [0.29, 0.717) is 28.9 Å². The van der Waals surface area contributed by atoms with Crippen LogP contribution in [0.2, 0.25) is 0 Å². The summed E-state index contributed by atoms with van der Waals surface area (Å²) in [7, 11) is 0. The third-order valence-electron chi connectivity index (χ3n) is 7.56. The number of benzene rings is 2. The molecule has 1 fully saturated rings. The normalized spacial score (nSPS) is 14.7. The van der Waals surface area contributed by atoms with Gasteiger partial charge in [-0.3, -0.25) is 5.10 Å². The molecule has 1 aliphatic rings. The average Bonchev–Trinajstić information content (AvgIpc) is 3.55. The number of halogens is 1. The fourth-order valence-corrected chi connectivity index (χ4v) is 5.12. The predicted molar refractivity (Wildman–Crippen MR) is 139 cm³/mol. The summed E-state index contributed by atoms with van der Waals surface area (Å²) in [4.78, 5) is 7.85. The highest BCUT2D eigenvalue weighted by Gasteiger charge is 2.35. The van der Waals surface area contributed by atoms with E-state index in [9.17, 15) is 10.2 Å². The number of nitrogens with one attached hydrogen (secondary N) is 2. The largest absolute Gasteiger partial charge is 0.508 e. The van der Waals surface area contributed by atoms with Crippen molar-refractivity contribution in [3.05, 3.63) is 72.4 Å². The van der Waals surface area contributed by atoms with Crippen molar-refractivity contribution in [1.82, 2.24) is 20.2 Å². The highest BCUT2D eigenvalue weighted by molar-refractivity contribution is 5.95. The van der Waals surface area contributed by atoms with Crippen LogP contribution in [-0.2, 0) is 13.0 Å². The molecular weight excluding hydrogens is 469 g/mol. The fourth-order valence-electron chi connectivity index (χ4n) is 5.12. The molecule has 0 unspecified atom stereocenters. The molecule has 5 aromatic rings. The summed E-state index contributed by atoms with van der Waals surface area (Å²) in [6.45, 7) is 2.75. The molecule has 6 rings (SSSR count). The first-order valence-electron chi connectivity index (χ1n) is 12.7. The standard InChI is InChI=1S/C29H28FN5O2/c1-2-18-16-20(36)4-5-21(18)22-6-7-23-26(25(22)30)33-34-27(23)28-31-17-24(32-28)19-8-13-35(14-9-19)15-12-29(37)10-3-11-29/h4-9,13-14,16-17,37H,2-3,10-12,15H2,1H3,(H2,32,33,34,36)/p+1. The van der Waals surface area contributed by atoms with Crippen LogP contribution >= 0.6 is 0 Å². The first-order valence-corrected chi connectivity index (χ1v) is 12.7. The van der Waals surface area contributed by atoms with Gasteiger partial charge in [-0.1, -0.05) is 19.1 Å². The lowest BCUT2D eigenvalue weighted by Gasteiger charge is -2.35. The Bertz CT molecular complexity index is 1580. The third kappa shape index (κ3) is 4.27. The Morgan fingerprint density at radius 3 is 2.59 bits per heavy atom. The van der Waals surface area contributed by atoms with Gasteiger partial charge >= 0.3 is 0 Å². The number of H-pyrrole nitrogens is 2. The molecule has 8 heteroatoms. The molecular formula is C29H29FN5O2+. The van der Waals surface area contributed by atoms with Crippen LogP contribution in [0.5, 0.6) is 5.75 Å². The minimum absolute atomic E-state index is 0.165. The van der Waals surface area contributed by atoms with Crippen LogP contribution in [0.4, 0.5) is 4.39 Å². The maximum atomic E-state index is 15.6. The summed E-state index contributed by atoms with van der Waals surface area (Å²) in [5.41, 5.74) is 4.26. The number of aromatic amines is 2. The first-order chi connectivity index (χ1) is 17.9. The van der Waals surface area contributed by atoms with Crippen LogP contribution in [0.15, 0.2) is 61.1 Å². The van der Waals surface area contributed by atoms with E-state index in [1.54, 1.807) is 30.5 Å². The number of aliphatic hydroxyl groups is 1. The zero-order valence-electron chi connectivity index (χ0n) is 20.6. The van der Waals surface area contributed by atoms with Gasteiger partial charge in [0.05, 0.1) is 17.5 Å². The van der Waals surface area contributed by atoms with Crippen molar-refractivity contribution in [3.63, 3.8) is 0 Å². The number of imidazole rings is 1. The second-order valence-corrected chi connectivity index (χ2v) is 9.91. The van der Waals surface area contributed by atoms with Crippen LogP contribution in [0.1, 0.15) is 38.2 Å². The van der Waals surface area contributed by atoms with Gasteiger partial charge in [0.15, 0.2) is 30.6 Å². The summed E-state index contributed by atoms with van der Waals surface area (Å²) in [5, 5.41) is 28.0. The Labute approximate surface area is 213 Å². The highest BCUT2D eigenvalue weighted by Crippen LogP contribution is 2.36. The number of hydrogen-bond donors (Lipinski definition) is 4. The lowest BCUT2D eigenvalue weighted by atomic mass is 9.78. The molecule has 3 aromatic heterocycles. The van der Waals surface area contributed by atoms with Gasteiger partial charge in [-0.25, -0.2) is 13.9 Å². The van der Waals surface area contributed by atoms with E-state index in [1.807, 2.05) is 37.5 Å². The van der Waals surface area contributed by atoms with E-state index in [0.717, 1.165) is 54.6 Å². The zero-order chi connectivity index (χ0) is 25.6. The molecule has 0 atom stereocenters. The Hall–Kier alpha value is -4.04. The topological polar surface area (TPSA) is 102 Å². The lowest BCUT2D eigenvalue weighted by Crippen LogP contribution is -2.43. The van der Waals surface area contributed by atoms with E-state index in [-0.39, 0.29) is 11.3 Å². The quantitative estimate of drug-likeness (QED) is 0.229. The molecule has 1 aliphatic carbocycles. The van der Waals surface area contributed by atoms with Crippen LogP contribution in [-0.4, -0.2) is 36.0 Å². The van der Waals surface area contributed by atoms with Crippen molar-refractivity contribution in [1.29, 1.82) is 0 Å². The summed E-state index contributed by atoms with van der Waals surface area (Å²) < 4.78 is 17.7. The molecule has 188 valence electrons. The van der Waals surface area contributed by atoms with E-state index in [4.69, 9.17) is 0 Å². The summed E-state index contributed by atoms with van der Waals surface area (Å²) >= 11 is 0. The smallest absolute Gasteiger partial charge is 0.169 e. The zero-order valence-corrected chi connectivity index (χ0v) is 20.6. The van der Waals surface area contributed by atoms with E-state index < -0.39 is 11.4 Å². The van der Waals surface area contributed by atoms with Crippen molar-refractivity contribution < 1.29 is 19.2 Å². The molecule has 0 aliphatic heterocycles. The number of aromatic hydroxyl groups is 1. The van der Waals surface area contributed by atoms with Crippen LogP contribution in [0.25, 0.3) is 44.8 Å². The summed E-state index contributed by atoms with van der Waals surface area (Å²) in [5.74, 6) is 0.331. The van der Waals surface area contributed by atoms with Crippen molar-refractivity contribution in [2.75, 3.05) is 0 Å². The second-order valence-electron chi connectivity index (χ2n) is 9.91. The number of fused-ring (bicyclic) bond motifs is 1. The molecule has 1 saturated carbocycles. The number of nitrogens with zero attached hydrogens (tertiary/aromatic N) is 3. The fraction of sp³-hybridized carbons (Fsp3) is 0.276. The Balaban J connectivity index is 1.26. The molecule has 0 bridgehead atoms. The number of hydrogen-bond acceptors (Lipinski definition) is 4. The highest BCUT2D eigenvalue weighted by atomic mass is 19.1. The molecule has 0 radical (unpaired) electrons. The second kappa shape index (κ2) is 9.12. The van der Waals surface area contributed by atoms with Crippen LogP contribution < -0.4 is 4.57 Å². The van der Waals surface area contributed by atoms with Crippen LogP contribution in [0, 0.1) is 5.82 Å². The molecule has 7 nitrogen and oxygen atoms in total. The molecule has 0 saturated heterocycles. The number of aryl methyl sites for hydroxylation is 2. The lowest BCUT2D eigenvalue weighted by molar-refractivity contribution is -0.699. The van der Waals surface area contributed by atoms with Crippen molar-refractivity contribution >= 4 is 10.9 Å². The van der Waals surface area contributed by atoms with Gasteiger partial charge < -0.3 is 15.2 Å². The summed E-state index contributed by atoms with van der Waals surface area (Å²) in [6.07, 6.45) is 10.1. The Morgan fingerprint density at radius 1 is 1.08 bits per heavy atom. The van der Waals surface area contributed by atoms with Crippen molar-refractivity contribution in [2.45, 2.75) is 51.2 Å². The van der Waals surface area contributed by atoms with Gasteiger partial charge in [0.1, 0.15) is 17.0 Å². The number of phenolic OH excluding ortho intramolecular Hbond substituents is 1. The first kappa shape index (κ1) is 23.4. The third-order valence-corrected chi connectivity index (χ3v) is 7.56. The molecule has 0 amide bonds. The molecule has 37 heavy (non-hydrogen) atoms. The predicted octanol–water partition coefficient (Wildman–Crippen LogP) is 5.29. The summed E-state index contributed by atoms with van der Waals surface area (Å²) in [6, 6.07) is 12.6. The Morgan fingerprint density at radius 2 is 1.86 bits per heavy atom. The average molecular weight is 499 g/mol.